The van der Waals surface area contributed by atoms with Gasteiger partial charge in [-0.05, 0) is 23.3 Å². The zero-order valence-electron chi connectivity index (χ0n) is 8.33. The molecule has 0 unspecified atom stereocenters. The Bertz CT molecular complexity index is 463. The Morgan fingerprint density at radius 2 is 1.25 bits per heavy atom. The van der Waals surface area contributed by atoms with Crippen LogP contribution in [-0.2, 0) is 4.33 Å². The molecule has 0 aromatic heterocycles. The molecule has 2 rings (SSSR count). The summed E-state index contributed by atoms with van der Waals surface area (Å²) in [6, 6.07) is 15.1. The minimum absolute atomic E-state index is 0.305. The summed E-state index contributed by atoms with van der Waals surface area (Å²) >= 11 is 12.6. The fraction of sp³-hybridized carbons (Fsp3) is 0.0769. The molecular formula is C13H9Cl2F. The zero-order valence-corrected chi connectivity index (χ0v) is 9.84. The number of halogens is 3. The highest BCUT2D eigenvalue weighted by Gasteiger charge is 2.28. The van der Waals surface area contributed by atoms with Crippen LogP contribution in [0, 0.1) is 5.82 Å². The van der Waals surface area contributed by atoms with E-state index in [2.05, 4.69) is 0 Å². The Hall–Kier alpha value is -1.05. The van der Waals surface area contributed by atoms with Crippen molar-refractivity contribution in [1.82, 2.24) is 0 Å². The number of hydrogen-bond donors (Lipinski definition) is 0. The van der Waals surface area contributed by atoms with Crippen LogP contribution in [0.1, 0.15) is 11.1 Å². The Morgan fingerprint density at radius 3 is 1.81 bits per heavy atom. The van der Waals surface area contributed by atoms with Crippen LogP contribution < -0.4 is 0 Å². The summed E-state index contributed by atoms with van der Waals surface area (Å²) in [5.74, 6) is -0.305. The molecule has 0 aliphatic rings. The van der Waals surface area contributed by atoms with Gasteiger partial charge in [0.15, 0.2) is 4.33 Å². The molecule has 16 heavy (non-hydrogen) atoms. The standard InChI is InChI=1S/C13H9Cl2F/c14-13(15,10-4-2-1-3-5-10)11-6-8-12(16)9-7-11/h1-9H. The molecule has 82 valence electrons. The summed E-state index contributed by atoms with van der Waals surface area (Å²) in [6.07, 6.45) is 0. The van der Waals surface area contributed by atoms with E-state index in [-0.39, 0.29) is 5.82 Å². The third-order valence-corrected chi connectivity index (χ3v) is 3.22. The quantitative estimate of drug-likeness (QED) is 0.693. The summed E-state index contributed by atoms with van der Waals surface area (Å²) in [5.41, 5.74) is 1.42. The molecule has 0 aliphatic carbocycles. The molecule has 3 heteroatoms. The summed E-state index contributed by atoms with van der Waals surface area (Å²) in [4.78, 5) is 0. The fourth-order valence-corrected chi connectivity index (χ4v) is 1.98. The van der Waals surface area contributed by atoms with E-state index < -0.39 is 4.33 Å². The second-order valence-electron chi connectivity index (χ2n) is 3.45. The van der Waals surface area contributed by atoms with E-state index in [9.17, 15) is 4.39 Å². The van der Waals surface area contributed by atoms with Crippen LogP contribution in [0.5, 0.6) is 0 Å². The van der Waals surface area contributed by atoms with Crippen LogP contribution in [-0.4, -0.2) is 0 Å². The number of rotatable bonds is 2. The second-order valence-corrected chi connectivity index (χ2v) is 4.77. The van der Waals surface area contributed by atoms with Crippen molar-refractivity contribution in [2.75, 3.05) is 0 Å². The lowest BCUT2D eigenvalue weighted by atomic mass is 10.0. The summed E-state index contributed by atoms with van der Waals surface area (Å²) in [7, 11) is 0. The lowest BCUT2D eigenvalue weighted by Gasteiger charge is -2.20. The molecule has 0 fully saturated rings. The SMILES string of the molecule is Fc1ccc(C(Cl)(Cl)c2ccccc2)cc1. The average Bonchev–Trinajstić information content (AvgIpc) is 2.31. The predicted molar refractivity (Wildman–Crippen MR) is 65.3 cm³/mol. The first-order valence-electron chi connectivity index (χ1n) is 4.80. The van der Waals surface area contributed by atoms with Crippen molar-refractivity contribution in [2.45, 2.75) is 4.33 Å². The molecule has 0 saturated carbocycles. The first kappa shape index (κ1) is 11.4. The Kier molecular flexibility index (Phi) is 3.17. The highest BCUT2D eigenvalue weighted by Crippen LogP contribution is 2.40. The van der Waals surface area contributed by atoms with Crippen LogP contribution in [0.4, 0.5) is 4.39 Å². The van der Waals surface area contributed by atoms with Gasteiger partial charge in [-0.1, -0.05) is 65.7 Å². The largest absolute Gasteiger partial charge is 0.207 e. The number of benzene rings is 2. The van der Waals surface area contributed by atoms with Gasteiger partial charge in [-0.25, -0.2) is 4.39 Å². The van der Waals surface area contributed by atoms with Crippen molar-refractivity contribution in [1.29, 1.82) is 0 Å². The molecule has 0 N–H and O–H groups in total. The third kappa shape index (κ3) is 2.21. The summed E-state index contributed by atoms with van der Waals surface area (Å²) in [6.45, 7) is 0. The van der Waals surface area contributed by atoms with E-state index in [1.165, 1.54) is 12.1 Å². The first-order chi connectivity index (χ1) is 7.60. The van der Waals surface area contributed by atoms with Gasteiger partial charge in [-0.2, -0.15) is 0 Å². The lowest BCUT2D eigenvalue weighted by molar-refractivity contribution is 0.627. The molecule has 0 amide bonds. The highest BCUT2D eigenvalue weighted by atomic mass is 35.5. The molecule has 2 aromatic rings. The molecule has 2 aromatic carbocycles. The maximum absolute atomic E-state index is 12.8. The van der Waals surface area contributed by atoms with Gasteiger partial charge in [-0.15, -0.1) is 0 Å². The van der Waals surface area contributed by atoms with Crippen molar-refractivity contribution in [3.8, 4) is 0 Å². The van der Waals surface area contributed by atoms with Crippen molar-refractivity contribution in [2.24, 2.45) is 0 Å². The topological polar surface area (TPSA) is 0 Å². The van der Waals surface area contributed by atoms with Crippen molar-refractivity contribution in [3.05, 3.63) is 71.5 Å². The summed E-state index contributed by atoms with van der Waals surface area (Å²) < 4.78 is 11.6. The Morgan fingerprint density at radius 1 is 0.750 bits per heavy atom. The van der Waals surface area contributed by atoms with Gasteiger partial charge in [-0.3, -0.25) is 0 Å². The van der Waals surface area contributed by atoms with Gasteiger partial charge >= 0.3 is 0 Å². The van der Waals surface area contributed by atoms with Crippen LogP contribution in [0.15, 0.2) is 54.6 Å². The van der Waals surface area contributed by atoms with Gasteiger partial charge in [0.25, 0.3) is 0 Å². The Balaban J connectivity index is 2.43. The van der Waals surface area contributed by atoms with E-state index in [4.69, 9.17) is 23.2 Å². The van der Waals surface area contributed by atoms with Gasteiger partial charge in [0, 0.05) is 0 Å². The van der Waals surface area contributed by atoms with E-state index in [1.807, 2.05) is 30.3 Å². The van der Waals surface area contributed by atoms with Crippen LogP contribution >= 0.6 is 23.2 Å². The van der Waals surface area contributed by atoms with E-state index in [0.29, 0.717) is 5.56 Å². The third-order valence-electron chi connectivity index (χ3n) is 2.34. The normalized spacial score (nSPS) is 11.4. The van der Waals surface area contributed by atoms with Crippen molar-refractivity contribution in [3.63, 3.8) is 0 Å². The van der Waals surface area contributed by atoms with E-state index >= 15 is 0 Å². The van der Waals surface area contributed by atoms with Crippen molar-refractivity contribution >= 4 is 23.2 Å². The molecular weight excluding hydrogens is 246 g/mol. The molecule has 0 atom stereocenters. The fourth-order valence-electron chi connectivity index (χ4n) is 1.47. The maximum atomic E-state index is 12.8. The molecule has 0 nitrogen and oxygen atoms in total. The average molecular weight is 255 g/mol. The van der Waals surface area contributed by atoms with Crippen LogP contribution in [0.2, 0.25) is 0 Å². The number of alkyl halides is 2. The summed E-state index contributed by atoms with van der Waals surface area (Å²) in [5, 5.41) is 0. The molecule has 0 bridgehead atoms. The molecule has 0 saturated heterocycles. The smallest absolute Gasteiger partial charge is 0.168 e. The molecule has 0 radical (unpaired) electrons. The van der Waals surface area contributed by atoms with E-state index in [1.54, 1.807) is 12.1 Å². The lowest BCUT2D eigenvalue weighted by Crippen LogP contribution is -2.11. The molecule has 0 spiro atoms. The molecule has 0 heterocycles. The van der Waals surface area contributed by atoms with Crippen molar-refractivity contribution < 1.29 is 4.39 Å². The predicted octanol–water partition coefficient (Wildman–Crippen LogP) is 4.50. The van der Waals surface area contributed by atoms with Gasteiger partial charge in [0.2, 0.25) is 0 Å². The minimum atomic E-state index is -1.14. The zero-order chi connectivity index (χ0) is 11.6. The van der Waals surface area contributed by atoms with Gasteiger partial charge < -0.3 is 0 Å². The number of hydrogen-bond acceptors (Lipinski definition) is 0. The maximum Gasteiger partial charge on any atom is 0.168 e. The van der Waals surface area contributed by atoms with E-state index in [0.717, 1.165) is 5.56 Å². The Labute approximate surface area is 104 Å². The minimum Gasteiger partial charge on any atom is -0.207 e. The monoisotopic (exact) mass is 254 g/mol. The van der Waals surface area contributed by atoms with Gasteiger partial charge in [0.05, 0.1) is 0 Å². The molecule has 0 aliphatic heterocycles. The second kappa shape index (κ2) is 4.44. The van der Waals surface area contributed by atoms with Gasteiger partial charge in [0.1, 0.15) is 5.82 Å². The first-order valence-corrected chi connectivity index (χ1v) is 5.55. The van der Waals surface area contributed by atoms with Crippen LogP contribution in [0.3, 0.4) is 0 Å². The van der Waals surface area contributed by atoms with Crippen LogP contribution in [0.25, 0.3) is 0 Å². The highest BCUT2D eigenvalue weighted by molar-refractivity contribution is 6.50.